The minimum Gasteiger partial charge on any atom is -0.507 e. The Hall–Kier alpha value is -2.82. The molecule has 1 atom stereocenters. The molecule has 4 rings (SSSR count). The summed E-state index contributed by atoms with van der Waals surface area (Å²) >= 11 is 0. The molecule has 1 aliphatic carbocycles. The average Bonchev–Trinajstić information content (AvgIpc) is 3.19. The van der Waals surface area contributed by atoms with Crippen molar-refractivity contribution in [3.8, 4) is 5.75 Å². The molecule has 1 saturated heterocycles. The van der Waals surface area contributed by atoms with Crippen molar-refractivity contribution in [1.82, 2.24) is 10.2 Å². The van der Waals surface area contributed by atoms with Crippen LogP contribution in [0.15, 0.2) is 42.5 Å². The van der Waals surface area contributed by atoms with E-state index < -0.39 is 0 Å². The number of nitrogens with one attached hydrogen (secondary N) is 1. The third-order valence-corrected chi connectivity index (χ3v) is 5.36. The van der Waals surface area contributed by atoms with Crippen LogP contribution in [0.25, 0.3) is 0 Å². The van der Waals surface area contributed by atoms with E-state index in [1.807, 2.05) is 24.0 Å². The first-order valence-corrected chi connectivity index (χ1v) is 8.98. The van der Waals surface area contributed by atoms with E-state index in [0.717, 1.165) is 18.4 Å². The number of aryl methyl sites for hydroxylation is 1. The third-order valence-electron chi connectivity index (χ3n) is 5.36. The quantitative estimate of drug-likeness (QED) is 0.892. The van der Waals surface area contributed by atoms with Crippen LogP contribution in [0.1, 0.15) is 33.5 Å². The number of rotatable bonds is 3. The number of phenolic OH excluding ortho intramolecular Hbond substituents is 1. The molecule has 1 aliphatic heterocycles. The van der Waals surface area contributed by atoms with Gasteiger partial charge >= 0.3 is 0 Å². The summed E-state index contributed by atoms with van der Waals surface area (Å²) in [7, 11) is 0. The standard InChI is InChI=1S/C21H22N2O3/c1-13-6-7-19(24)18(8-13)21(26)22-16-11-20(25)23(12-16)17-9-14-4-2-3-5-15(14)10-17/h2-8,16-17,24H,9-12H2,1H3,(H,22,26)/t16-/m1/s1. The Balaban J connectivity index is 1.42. The van der Waals surface area contributed by atoms with Crippen LogP contribution in [-0.2, 0) is 17.6 Å². The van der Waals surface area contributed by atoms with Gasteiger partial charge in [-0.2, -0.15) is 0 Å². The smallest absolute Gasteiger partial charge is 0.255 e. The van der Waals surface area contributed by atoms with Crippen LogP contribution in [0.4, 0.5) is 0 Å². The van der Waals surface area contributed by atoms with Crippen molar-refractivity contribution in [1.29, 1.82) is 0 Å². The minimum absolute atomic E-state index is 0.0412. The molecule has 0 unspecified atom stereocenters. The number of aromatic hydroxyl groups is 1. The Morgan fingerprint density at radius 3 is 2.50 bits per heavy atom. The van der Waals surface area contributed by atoms with Crippen molar-refractivity contribution >= 4 is 11.8 Å². The maximum atomic E-state index is 12.5. The number of fused-ring (bicyclic) bond motifs is 1. The third kappa shape index (κ3) is 3.05. The first-order chi connectivity index (χ1) is 12.5. The fraction of sp³-hybridized carbons (Fsp3) is 0.333. The second kappa shape index (κ2) is 6.48. The van der Waals surface area contributed by atoms with Gasteiger partial charge in [0, 0.05) is 19.0 Å². The van der Waals surface area contributed by atoms with Crippen molar-refractivity contribution < 1.29 is 14.7 Å². The van der Waals surface area contributed by atoms with Crippen LogP contribution >= 0.6 is 0 Å². The molecule has 0 radical (unpaired) electrons. The number of carbonyl (C=O) groups is 2. The summed E-state index contributed by atoms with van der Waals surface area (Å²) in [6.45, 7) is 2.39. The SMILES string of the molecule is Cc1ccc(O)c(C(=O)N[C@@H]2CC(=O)N(C3Cc4ccccc4C3)C2)c1. The lowest BCUT2D eigenvalue weighted by Crippen LogP contribution is -2.41. The number of hydrogen-bond donors (Lipinski definition) is 2. The maximum Gasteiger partial charge on any atom is 0.255 e. The number of likely N-dealkylation sites (tertiary alicyclic amines) is 1. The zero-order valence-electron chi connectivity index (χ0n) is 14.7. The van der Waals surface area contributed by atoms with Gasteiger partial charge in [0.05, 0.1) is 11.6 Å². The Morgan fingerprint density at radius 1 is 1.12 bits per heavy atom. The van der Waals surface area contributed by atoms with E-state index in [0.29, 0.717) is 13.0 Å². The van der Waals surface area contributed by atoms with Gasteiger partial charge in [0.1, 0.15) is 5.75 Å². The number of hydrogen-bond acceptors (Lipinski definition) is 3. The summed E-state index contributed by atoms with van der Waals surface area (Å²) in [5, 5.41) is 12.8. The summed E-state index contributed by atoms with van der Waals surface area (Å²) in [6, 6.07) is 13.2. The van der Waals surface area contributed by atoms with Crippen LogP contribution in [0, 0.1) is 6.92 Å². The summed E-state index contributed by atoms with van der Waals surface area (Å²) in [4.78, 5) is 26.9. The molecule has 2 aromatic rings. The van der Waals surface area contributed by atoms with Gasteiger partial charge in [0.2, 0.25) is 5.91 Å². The second-order valence-corrected chi connectivity index (χ2v) is 7.27. The number of carbonyl (C=O) groups excluding carboxylic acids is 2. The lowest BCUT2D eigenvalue weighted by molar-refractivity contribution is -0.129. The van der Waals surface area contributed by atoms with E-state index in [1.165, 1.54) is 17.2 Å². The van der Waals surface area contributed by atoms with E-state index in [4.69, 9.17) is 0 Å². The Bertz CT molecular complexity index is 852. The summed E-state index contributed by atoms with van der Waals surface area (Å²) in [5.74, 6) is -0.289. The molecule has 0 saturated carbocycles. The maximum absolute atomic E-state index is 12.5. The van der Waals surface area contributed by atoms with Gasteiger partial charge in [0.15, 0.2) is 0 Å². The molecule has 26 heavy (non-hydrogen) atoms. The van der Waals surface area contributed by atoms with Crippen LogP contribution < -0.4 is 5.32 Å². The number of phenols is 1. The summed E-state index contributed by atoms with van der Waals surface area (Å²) in [5.41, 5.74) is 3.77. The van der Waals surface area contributed by atoms with E-state index in [1.54, 1.807) is 12.1 Å². The molecule has 0 aromatic heterocycles. The van der Waals surface area contributed by atoms with Gasteiger partial charge in [-0.25, -0.2) is 0 Å². The second-order valence-electron chi connectivity index (χ2n) is 7.27. The van der Waals surface area contributed by atoms with Crippen LogP contribution in [0.3, 0.4) is 0 Å². The Morgan fingerprint density at radius 2 is 1.81 bits per heavy atom. The normalized spacial score (nSPS) is 19.7. The highest BCUT2D eigenvalue weighted by Gasteiger charge is 2.37. The number of amides is 2. The fourth-order valence-corrected chi connectivity index (χ4v) is 4.03. The predicted octanol–water partition coefficient (Wildman–Crippen LogP) is 2.20. The molecular formula is C21H22N2O3. The molecule has 134 valence electrons. The first kappa shape index (κ1) is 16.6. The lowest BCUT2D eigenvalue weighted by atomic mass is 10.1. The monoisotopic (exact) mass is 350 g/mol. The molecule has 2 amide bonds. The van der Waals surface area contributed by atoms with Crippen molar-refractivity contribution in [2.45, 2.75) is 38.3 Å². The molecule has 1 heterocycles. The highest BCUT2D eigenvalue weighted by atomic mass is 16.3. The zero-order chi connectivity index (χ0) is 18.3. The molecule has 5 nitrogen and oxygen atoms in total. The van der Waals surface area contributed by atoms with Gasteiger partial charge in [-0.05, 0) is 43.0 Å². The average molecular weight is 350 g/mol. The summed E-state index contributed by atoms with van der Waals surface area (Å²) < 4.78 is 0. The predicted molar refractivity (Wildman–Crippen MR) is 98.1 cm³/mol. The van der Waals surface area contributed by atoms with Crippen molar-refractivity contribution in [2.75, 3.05) is 6.54 Å². The molecule has 0 bridgehead atoms. The van der Waals surface area contributed by atoms with Gasteiger partial charge < -0.3 is 15.3 Å². The van der Waals surface area contributed by atoms with Crippen LogP contribution in [0.2, 0.25) is 0 Å². The van der Waals surface area contributed by atoms with E-state index >= 15 is 0 Å². The molecular weight excluding hydrogens is 328 g/mol. The topological polar surface area (TPSA) is 69.6 Å². The van der Waals surface area contributed by atoms with Gasteiger partial charge in [-0.15, -0.1) is 0 Å². The van der Waals surface area contributed by atoms with E-state index in [9.17, 15) is 14.7 Å². The lowest BCUT2D eigenvalue weighted by Gasteiger charge is -2.24. The van der Waals surface area contributed by atoms with Crippen molar-refractivity contribution in [2.24, 2.45) is 0 Å². The highest BCUT2D eigenvalue weighted by molar-refractivity contribution is 5.97. The minimum atomic E-state index is -0.333. The molecule has 0 spiro atoms. The molecule has 2 aromatic carbocycles. The van der Waals surface area contributed by atoms with Crippen LogP contribution in [0.5, 0.6) is 5.75 Å². The molecule has 1 fully saturated rings. The number of nitrogens with zero attached hydrogens (tertiary/aromatic N) is 1. The fourth-order valence-electron chi connectivity index (χ4n) is 4.03. The largest absolute Gasteiger partial charge is 0.507 e. The van der Waals surface area contributed by atoms with Gasteiger partial charge in [-0.3, -0.25) is 9.59 Å². The summed E-state index contributed by atoms with van der Waals surface area (Å²) in [6.07, 6.45) is 2.06. The Labute approximate surface area is 152 Å². The van der Waals surface area contributed by atoms with Crippen molar-refractivity contribution in [3.63, 3.8) is 0 Å². The molecule has 5 heteroatoms. The van der Waals surface area contributed by atoms with Crippen molar-refractivity contribution in [3.05, 3.63) is 64.7 Å². The van der Waals surface area contributed by atoms with E-state index in [-0.39, 0.29) is 35.2 Å². The van der Waals surface area contributed by atoms with Gasteiger partial charge in [0.25, 0.3) is 5.91 Å². The first-order valence-electron chi connectivity index (χ1n) is 8.98. The van der Waals surface area contributed by atoms with Gasteiger partial charge in [-0.1, -0.05) is 35.9 Å². The van der Waals surface area contributed by atoms with E-state index in [2.05, 4.69) is 17.4 Å². The molecule has 2 N–H and O–H groups in total. The van der Waals surface area contributed by atoms with Crippen LogP contribution in [-0.4, -0.2) is 40.4 Å². The Kier molecular flexibility index (Phi) is 4.15. The number of benzene rings is 2. The zero-order valence-corrected chi connectivity index (χ0v) is 14.7. The molecule has 2 aliphatic rings. The highest BCUT2D eigenvalue weighted by Crippen LogP contribution is 2.28.